The van der Waals surface area contributed by atoms with Gasteiger partial charge >= 0.3 is 11.9 Å². The molecule has 0 aromatic rings. The molecule has 192 valence electrons. The maximum Gasteiger partial charge on any atom is 0.308 e. The number of esters is 2. The number of hydrogen-bond donors (Lipinski definition) is 1. The molecule has 1 heterocycles. The highest BCUT2D eigenvalue weighted by Crippen LogP contribution is 2.48. The Kier molecular flexibility index (Phi) is 10.2. The normalized spacial score (nSPS) is 36.7. The van der Waals surface area contributed by atoms with Crippen molar-refractivity contribution in [1.29, 1.82) is 0 Å². The van der Waals surface area contributed by atoms with Gasteiger partial charge < -0.3 is 14.6 Å². The zero-order chi connectivity index (χ0) is 24.7. The Bertz CT molecular complexity index is 728. The van der Waals surface area contributed by atoms with Gasteiger partial charge in [0.25, 0.3) is 0 Å². The summed E-state index contributed by atoms with van der Waals surface area (Å²) in [6, 6.07) is 0. The van der Waals surface area contributed by atoms with Gasteiger partial charge in [0.1, 0.15) is 12.2 Å². The lowest BCUT2D eigenvalue weighted by Gasteiger charge is -2.48. The molecule has 1 N–H and O–H groups in total. The first kappa shape index (κ1) is 27.0. The van der Waals surface area contributed by atoms with Crippen molar-refractivity contribution in [2.75, 3.05) is 0 Å². The summed E-state index contributed by atoms with van der Waals surface area (Å²) >= 11 is 0. The van der Waals surface area contributed by atoms with Crippen LogP contribution in [0.15, 0.2) is 24.3 Å². The number of carbonyl (C=O) groups excluding carboxylic acids is 2. The van der Waals surface area contributed by atoms with E-state index in [-0.39, 0.29) is 42.4 Å². The molecule has 0 bridgehead atoms. The molecule has 0 amide bonds. The molecule has 5 nitrogen and oxygen atoms in total. The molecule has 9 atom stereocenters. The highest BCUT2D eigenvalue weighted by Gasteiger charge is 2.46. The average Bonchev–Trinajstić information content (AvgIpc) is 2.80. The van der Waals surface area contributed by atoms with Crippen molar-refractivity contribution in [3.8, 4) is 0 Å². The number of carbonyl (C=O) groups is 2. The molecule has 5 heteroatoms. The molecular weight excluding hydrogens is 428 g/mol. The molecule has 2 fully saturated rings. The van der Waals surface area contributed by atoms with Crippen LogP contribution in [0.1, 0.15) is 91.9 Å². The fraction of sp³-hybridized carbons (Fsp3) is 0.793. The lowest BCUT2D eigenvalue weighted by Crippen LogP contribution is -2.46. The number of rotatable bonds is 10. The molecular formula is C29H46O5. The van der Waals surface area contributed by atoms with Crippen LogP contribution in [0, 0.1) is 35.5 Å². The number of fused-ring (bicyclic) bond motifs is 1. The monoisotopic (exact) mass is 474 g/mol. The summed E-state index contributed by atoms with van der Waals surface area (Å²) in [6.07, 6.45) is 17.1. The first-order chi connectivity index (χ1) is 16.3. The Balaban J connectivity index is 1.74. The zero-order valence-corrected chi connectivity index (χ0v) is 21.7. The van der Waals surface area contributed by atoms with Crippen LogP contribution in [0.2, 0.25) is 0 Å². The van der Waals surface area contributed by atoms with E-state index in [1.54, 1.807) is 0 Å². The van der Waals surface area contributed by atoms with E-state index in [1.165, 1.54) is 12.8 Å². The first-order valence-corrected chi connectivity index (χ1v) is 13.7. The topological polar surface area (TPSA) is 72.8 Å². The summed E-state index contributed by atoms with van der Waals surface area (Å²) in [5.41, 5.74) is 0. The second-order valence-electron chi connectivity index (χ2n) is 11.0. The van der Waals surface area contributed by atoms with E-state index in [0.29, 0.717) is 30.1 Å². The molecule has 2 aliphatic carbocycles. The number of aliphatic hydroxyl groups is 1. The summed E-state index contributed by atoms with van der Waals surface area (Å²) in [5, 5.41) is 10.0. The van der Waals surface area contributed by atoms with E-state index in [0.717, 1.165) is 38.5 Å². The van der Waals surface area contributed by atoms with Crippen LogP contribution < -0.4 is 0 Å². The Labute approximate surface area is 206 Å². The van der Waals surface area contributed by atoms with Crippen molar-refractivity contribution in [2.45, 2.75) is 110 Å². The number of hydrogen-bond acceptors (Lipinski definition) is 5. The van der Waals surface area contributed by atoms with Crippen molar-refractivity contribution >= 4 is 11.9 Å². The quantitative estimate of drug-likeness (QED) is 0.239. The predicted octanol–water partition coefficient (Wildman–Crippen LogP) is 6.00. The molecule has 0 radical (unpaired) electrons. The number of unbranched alkanes of at least 4 members (excludes halogenated alkanes) is 2. The van der Waals surface area contributed by atoms with Gasteiger partial charge in [0.15, 0.2) is 0 Å². The van der Waals surface area contributed by atoms with Gasteiger partial charge in [-0.25, -0.2) is 0 Å². The van der Waals surface area contributed by atoms with E-state index >= 15 is 0 Å². The van der Waals surface area contributed by atoms with Crippen LogP contribution in [0.5, 0.6) is 0 Å². The number of ether oxygens (including phenoxy) is 2. The Morgan fingerprint density at radius 3 is 2.74 bits per heavy atom. The Hall–Kier alpha value is -1.62. The Morgan fingerprint density at radius 2 is 2.03 bits per heavy atom. The van der Waals surface area contributed by atoms with Crippen LogP contribution in [0.3, 0.4) is 0 Å². The molecule has 3 rings (SSSR count). The lowest BCUT2D eigenvalue weighted by atomic mass is 9.60. The molecule has 1 saturated heterocycles. The van der Waals surface area contributed by atoms with Gasteiger partial charge in [-0.3, -0.25) is 9.59 Å². The molecule has 1 saturated carbocycles. The van der Waals surface area contributed by atoms with Crippen molar-refractivity contribution in [3.05, 3.63) is 24.3 Å². The minimum absolute atomic E-state index is 0.0767. The minimum atomic E-state index is -0.596. The molecule has 0 aromatic carbocycles. The fourth-order valence-corrected chi connectivity index (χ4v) is 6.14. The number of cyclic esters (lactones) is 1. The third-order valence-electron chi connectivity index (χ3n) is 8.34. The molecule has 0 aromatic heterocycles. The van der Waals surface area contributed by atoms with Crippen molar-refractivity contribution in [2.24, 2.45) is 35.5 Å². The van der Waals surface area contributed by atoms with Gasteiger partial charge in [-0.05, 0) is 62.2 Å². The smallest absolute Gasteiger partial charge is 0.308 e. The summed E-state index contributed by atoms with van der Waals surface area (Å²) in [4.78, 5) is 24.6. The SMILES string of the molecule is CCCC/C=C/[C@@H]1C[C@H](OC(=O)[C@@H](C)CC)[C@@H]2[C@@H](CC[C@@H]3C[C@@H](O)CC(=O)O3)[C@@H](C)C=C[C@H]2C1. The minimum Gasteiger partial charge on any atom is -0.462 e. The van der Waals surface area contributed by atoms with Gasteiger partial charge in [-0.15, -0.1) is 0 Å². The molecule has 3 aliphatic rings. The average molecular weight is 475 g/mol. The lowest BCUT2D eigenvalue weighted by molar-refractivity contribution is -0.165. The largest absolute Gasteiger partial charge is 0.462 e. The summed E-state index contributed by atoms with van der Waals surface area (Å²) in [7, 11) is 0. The maximum absolute atomic E-state index is 12.8. The highest BCUT2D eigenvalue weighted by molar-refractivity contribution is 5.72. The van der Waals surface area contributed by atoms with E-state index in [9.17, 15) is 14.7 Å². The Morgan fingerprint density at radius 1 is 1.24 bits per heavy atom. The van der Waals surface area contributed by atoms with Gasteiger partial charge in [-0.1, -0.05) is 64.8 Å². The molecule has 0 spiro atoms. The van der Waals surface area contributed by atoms with Gasteiger partial charge in [0.2, 0.25) is 0 Å². The highest BCUT2D eigenvalue weighted by atomic mass is 16.5. The van der Waals surface area contributed by atoms with E-state index in [1.807, 2.05) is 13.8 Å². The van der Waals surface area contributed by atoms with Crippen LogP contribution in [-0.4, -0.2) is 35.4 Å². The predicted molar refractivity (Wildman–Crippen MR) is 134 cm³/mol. The van der Waals surface area contributed by atoms with Crippen molar-refractivity contribution < 1.29 is 24.2 Å². The van der Waals surface area contributed by atoms with Crippen LogP contribution in [0.25, 0.3) is 0 Å². The van der Waals surface area contributed by atoms with Crippen molar-refractivity contribution in [3.63, 3.8) is 0 Å². The molecule has 0 unspecified atom stereocenters. The number of allylic oxidation sites excluding steroid dienone is 4. The maximum atomic E-state index is 12.8. The second-order valence-corrected chi connectivity index (χ2v) is 11.0. The molecule has 1 aliphatic heterocycles. The standard InChI is InChI=1S/C29H46O5/c1-5-7-8-9-10-21-15-22-12-11-20(4)25(14-13-24-17-23(30)18-27(31)33-24)28(22)26(16-21)34-29(32)19(3)6-2/h9-12,19-26,28,30H,5-8,13-18H2,1-4H3/b10-9+/t19-,20-,21-,22-,23+,24+,25-,26-,28-/m0/s1. The zero-order valence-electron chi connectivity index (χ0n) is 21.7. The summed E-state index contributed by atoms with van der Waals surface area (Å²) in [6.45, 7) is 8.45. The fourth-order valence-electron chi connectivity index (χ4n) is 6.14. The van der Waals surface area contributed by atoms with Crippen LogP contribution >= 0.6 is 0 Å². The van der Waals surface area contributed by atoms with Crippen LogP contribution in [0.4, 0.5) is 0 Å². The van der Waals surface area contributed by atoms with Gasteiger partial charge in [0.05, 0.1) is 18.4 Å². The van der Waals surface area contributed by atoms with Gasteiger partial charge in [0, 0.05) is 12.3 Å². The van der Waals surface area contributed by atoms with Crippen LogP contribution in [-0.2, 0) is 19.1 Å². The summed E-state index contributed by atoms with van der Waals surface area (Å²) in [5.74, 6) is 1.40. The third-order valence-corrected chi connectivity index (χ3v) is 8.34. The van der Waals surface area contributed by atoms with E-state index < -0.39 is 6.10 Å². The van der Waals surface area contributed by atoms with E-state index in [2.05, 4.69) is 38.2 Å². The summed E-state index contributed by atoms with van der Waals surface area (Å²) < 4.78 is 11.8. The van der Waals surface area contributed by atoms with Gasteiger partial charge in [-0.2, -0.15) is 0 Å². The molecule has 34 heavy (non-hydrogen) atoms. The van der Waals surface area contributed by atoms with Crippen molar-refractivity contribution in [1.82, 2.24) is 0 Å². The third kappa shape index (κ3) is 7.19. The number of aliphatic hydroxyl groups excluding tert-OH is 1. The second kappa shape index (κ2) is 12.9. The van der Waals surface area contributed by atoms with E-state index in [4.69, 9.17) is 9.47 Å². The first-order valence-electron chi connectivity index (χ1n) is 13.7.